The second-order valence-electron chi connectivity index (χ2n) is 4.56. The fourth-order valence-corrected chi connectivity index (χ4v) is 2.47. The van der Waals surface area contributed by atoms with E-state index >= 15 is 0 Å². The summed E-state index contributed by atoms with van der Waals surface area (Å²) in [6.45, 7) is 1.30. The lowest BCUT2D eigenvalue weighted by Crippen LogP contribution is -2.11. The molecular formula is C16H17N3O. The molecule has 0 saturated heterocycles. The van der Waals surface area contributed by atoms with Crippen molar-refractivity contribution in [3.8, 4) is 17.1 Å². The van der Waals surface area contributed by atoms with E-state index in [0.717, 1.165) is 34.7 Å². The molecule has 0 spiro atoms. The van der Waals surface area contributed by atoms with Crippen LogP contribution in [0, 0.1) is 0 Å². The molecule has 0 bridgehead atoms. The summed E-state index contributed by atoms with van der Waals surface area (Å²) in [7, 11) is 1.68. The number of hydrogen-bond acceptors (Lipinski definition) is 3. The molecule has 2 N–H and O–H groups in total. The van der Waals surface area contributed by atoms with Crippen LogP contribution in [-0.2, 0) is 6.54 Å². The first-order valence-electron chi connectivity index (χ1n) is 6.64. The monoisotopic (exact) mass is 267 g/mol. The highest BCUT2D eigenvalue weighted by atomic mass is 16.5. The fourth-order valence-electron chi connectivity index (χ4n) is 2.47. The molecule has 4 nitrogen and oxygen atoms in total. The van der Waals surface area contributed by atoms with Crippen molar-refractivity contribution < 1.29 is 4.74 Å². The van der Waals surface area contributed by atoms with Crippen molar-refractivity contribution in [1.29, 1.82) is 0 Å². The van der Waals surface area contributed by atoms with Crippen LogP contribution in [0.3, 0.4) is 0 Å². The third-order valence-corrected chi connectivity index (χ3v) is 3.36. The van der Waals surface area contributed by atoms with Gasteiger partial charge in [-0.25, -0.2) is 4.98 Å². The second-order valence-corrected chi connectivity index (χ2v) is 4.56. The molecule has 0 saturated carbocycles. The third kappa shape index (κ3) is 2.04. The number of hydrogen-bond donors (Lipinski definition) is 1. The van der Waals surface area contributed by atoms with Gasteiger partial charge in [-0.2, -0.15) is 0 Å². The highest BCUT2D eigenvalue weighted by Crippen LogP contribution is 2.31. The van der Waals surface area contributed by atoms with E-state index in [4.69, 9.17) is 15.5 Å². The fraction of sp³-hybridized carbons (Fsp3) is 0.188. The predicted octanol–water partition coefficient (Wildman–Crippen LogP) is 2.67. The van der Waals surface area contributed by atoms with Crippen molar-refractivity contribution in [1.82, 2.24) is 9.55 Å². The maximum atomic E-state index is 5.75. The van der Waals surface area contributed by atoms with Crippen molar-refractivity contribution in [2.75, 3.05) is 13.7 Å². The quantitative estimate of drug-likeness (QED) is 0.790. The number of benzene rings is 2. The number of aromatic nitrogens is 2. The minimum atomic E-state index is 0.572. The summed E-state index contributed by atoms with van der Waals surface area (Å²) in [4.78, 5) is 4.74. The van der Waals surface area contributed by atoms with Crippen LogP contribution in [0.2, 0.25) is 0 Å². The largest absolute Gasteiger partial charge is 0.496 e. The first kappa shape index (κ1) is 12.7. The Morgan fingerprint density at radius 1 is 1.10 bits per heavy atom. The highest BCUT2D eigenvalue weighted by molar-refractivity contribution is 5.81. The Bertz CT molecular complexity index is 733. The Morgan fingerprint density at radius 3 is 2.65 bits per heavy atom. The van der Waals surface area contributed by atoms with Crippen molar-refractivity contribution in [2.45, 2.75) is 6.54 Å². The van der Waals surface area contributed by atoms with E-state index in [1.165, 1.54) is 0 Å². The van der Waals surface area contributed by atoms with Gasteiger partial charge in [-0.1, -0.05) is 24.3 Å². The number of rotatable bonds is 4. The zero-order valence-corrected chi connectivity index (χ0v) is 11.4. The molecule has 4 heteroatoms. The normalized spacial score (nSPS) is 10.9. The van der Waals surface area contributed by atoms with Crippen LogP contribution in [0.15, 0.2) is 48.5 Å². The summed E-state index contributed by atoms with van der Waals surface area (Å²) in [6, 6.07) is 16.0. The van der Waals surface area contributed by atoms with E-state index in [1.54, 1.807) is 7.11 Å². The van der Waals surface area contributed by atoms with Crippen LogP contribution in [0.5, 0.6) is 5.75 Å². The Morgan fingerprint density at radius 2 is 1.85 bits per heavy atom. The van der Waals surface area contributed by atoms with Crippen LogP contribution in [0.25, 0.3) is 22.4 Å². The number of nitrogens with two attached hydrogens (primary N) is 1. The molecule has 1 aromatic heterocycles. The van der Waals surface area contributed by atoms with Crippen molar-refractivity contribution in [2.24, 2.45) is 5.73 Å². The van der Waals surface area contributed by atoms with Crippen LogP contribution in [0.1, 0.15) is 0 Å². The Hall–Kier alpha value is -2.33. The SMILES string of the molecule is COc1ccccc1-c1nc2ccccc2n1CCN. The minimum Gasteiger partial charge on any atom is -0.496 e. The first-order valence-corrected chi connectivity index (χ1v) is 6.64. The maximum absolute atomic E-state index is 5.75. The number of para-hydroxylation sites is 3. The van der Waals surface area contributed by atoms with Gasteiger partial charge in [0.25, 0.3) is 0 Å². The zero-order valence-electron chi connectivity index (χ0n) is 11.4. The van der Waals surface area contributed by atoms with Gasteiger partial charge in [0.2, 0.25) is 0 Å². The van der Waals surface area contributed by atoms with Crippen molar-refractivity contribution >= 4 is 11.0 Å². The summed E-state index contributed by atoms with van der Waals surface area (Å²) in [5.41, 5.74) is 8.80. The minimum absolute atomic E-state index is 0.572. The number of fused-ring (bicyclic) bond motifs is 1. The summed E-state index contributed by atoms with van der Waals surface area (Å²) in [6.07, 6.45) is 0. The van der Waals surface area contributed by atoms with Gasteiger partial charge in [0.15, 0.2) is 0 Å². The molecule has 3 rings (SSSR count). The summed E-state index contributed by atoms with van der Waals surface area (Å²) in [5.74, 6) is 1.72. The van der Waals surface area contributed by atoms with Gasteiger partial charge in [-0.15, -0.1) is 0 Å². The number of imidazole rings is 1. The average molecular weight is 267 g/mol. The molecule has 0 aliphatic rings. The molecule has 2 aromatic carbocycles. The van der Waals surface area contributed by atoms with Gasteiger partial charge in [-0.3, -0.25) is 0 Å². The number of methoxy groups -OCH3 is 1. The van der Waals surface area contributed by atoms with E-state index in [-0.39, 0.29) is 0 Å². The van der Waals surface area contributed by atoms with Crippen LogP contribution >= 0.6 is 0 Å². The van der Waals surface area contributed by atoms with Gasteiger partial charge in [0.05, 0.1) is 23.7 Å². The Labute approximate surface area is 117 Å². The third-order valence-electron chi connectivity index (χ3n) is 3.36. The zero-order chi connectivity index (χ0) is 13.9. The lowest BCUT2D eigenvalue weighted by Gasteiger charge is -2.10. The molecule has 0 fully saturated rings. The standard InChI is InChI=1S/C16H17N3O/c1-20-15-9-5-2-6-12(15)16-18-13-7-3-4-8-14(13)19(16)11-10-17/h2-9H,10-11,17H2,1H3. The molecule has 0 unspecified atom stereocenters. The lowest BCUT2D eigenvalue weighted by molar-refractivity contribution is 0.416. The topological polar surface area (TPSA) is 53.1 Å². The molecule has 1 heterocycles. The average Bonchev–Trinajstić information content (AvgIpc) is 2.86. The second kappa shape index (κ2) is 5.35. The van der Waals surface area contributed by atoms with E-state index < -0.39 is 0 Å². The molecule has 0 aliphatic heterocycles. The van der Waals surface area contributed by atoms with Crippen LogP contribution in [0.4, 0.5) is 0 Å². The summed E-state index contributed by atoms with van der Waals surface area (Å²) in [5, 5.41) is 0. The molecule has 0 aliphatic carbocycles. The molecule has 0 atom stereocenters. The smallest absolute Gasteiger partial charge is 0.144 e. The molecule has 3 aromatic rings. The van der Waals surface area contributed by atoms with Gasteiger partial charge in [0.1, 0.15) is 11.6 Å². The van der Waals surface area contributed by atoms with Crippen molar-refractivity contribution in [3.63, 3.8) is 0 Å². The van der Waals surface area contributed by atoms with E-state index in [0.29, 0.717) is 6.54 Å². The summed E-state index contributed by atoms with van der Waals surface area (Å²) >= 11 is 0. The lowest BCUT2D eigenvalue weighted by atomic mass is 10.2. The van der Waals surface area contributed by atoms with Gasteiger partial charge in [-0.05, 0) is 24.3 Å². The van der Waals surface area contributed by atoms with Crippen LogP contribution in [-0.4, -0.2) is 23.2 Å². The van der Waals surface area contributed by atoms with E-state index in [1.807, 2.05) is 42.5 Å². The Balaban J connectivity index is 2.27. The van der Waals surface area contributed by atoms with E-state index in [2.05, 4.69) is 10.6 Å². The summed E-state index contributed by atoms with van der Waals surface area (Å²) < 4.78 is 7.59. The Kier molecular flexibility index (Phi) is 3.39. The van der Waals surface area contributed by atoms with E-state index in [9.17, 15) is 0 Å². The first-order chi connectivity index (χ1) is 9.85. The molecule has 20 heavy (non-hydrogen) atoms. The molecule has 0 radical (unpaired) electrons. The molecule has 0 amide bonds. The maximum Gasteiger partial charge on any atom is 0.144 e. The highest BCUT2D eigenvalue weighted by Gasteiger charge is 2.14. The van der Waals surface area contributed by atoms with Gasteiger partial charge >= 0.3 is 0 Å². The molecular weight excluding hydrogens is 250 g/mol. The predicted molar refractivity (Wildman–Crippen MR) is 80.8 cm³/mol. The van der Waals surface area contributed by atoms with Crippen LogP contribution < -0.4 is 10.5 Å². The van der Waals surface area contributed by atoms with Gasteiger partial charge < -0.3 is 15.0 Å². The number of ether oxygens (including phenoxy) is 1. The van der Waals surface area contributed by atoms with Gasteiger partial charge in [0, 0.05) is 13.1 Å². The number of nitrogens with zero attached hydrogens (tertiary/aromatic N) is 2. The molecule has 102 valence electrons. The van der Waals surface area contributed by atoms with Crippen molar-refractivity contribution in [3.05, 3.63) is 48.5 Å².